The van der Waals surface area contributed by atoms with Gasteiger partial charge in [0.25, 0.3) is 0 Å². The van der Waals surface area contributed by atoms with Gasteiger partial charge in [-0.2, -0.15) is 0 Å². The summed E-state index contributed by atoms with van der Waals surface area (Å²) in [5, 5.41) is 11.9. The van der Waals surface area contributed by atoms with Crippen LogP contribution in [0.25, 0.3) is 0 Å². The number of carboxylic acid groups (broad SMARTS) is 1. The van der Waals surface area contributed by atoms with Crippen LogP contribution < -0.4 is 5.32 Å². The van der Waals surface area contributed by atoms with Gasteiger partial charge in [0.2, 0.25) is 0 Å². The molecule has 0 aliphatic carbocycles. The van der Waals surface area contributed by atoms with Crippen molar-refractivity contribution in [1.82, 2.24) is 10.2 Å². The summed E-state index contributed by atoms with van der Waals surface area (Å²) >= 11 is 0. The molecule has 1 rings (SSSR count). The van der Waals surface area contributed by atoms with Gasteiger partial charge in [-0.05, 0) is 40.3 Å². The highest BCUT2D eigenvalue weighted by Crippen LogP contribution is 2.15. The zero-order valence-corrected chi connectivity index (χ0v) is 9.16. The van der Waals surface area contributed by atoms with E-state index in [4.69, 9.17) is 5.11 Å². The molecular weight excluding hydrogens is 180 g/mol. The lowest BCUT2D eigenvalue weighted by atomic mass is 9.98. The number of nitrogens with zero attached hydrogens (tertiary/aromatic N) is 1. The van der Waals surface area contributed by atoms with Crippen LogP contribution >= 0.6 is 0 Å². The van der Waals surface area contributed by atoms with Crippen molar-refractivity contribution in [3.63, 3.8) is 0 Å². The van der Waals surface area contributed by atoms with Crippen LogP contribution in [0.3, 0.4) is 0 Å². The van der Waals surface area contributed by atoms with Crippen LogP contribution in [0.15, 0.2) is 0 Å². The van der Waals surface area contributed by atoms with Gasteiger partial charge >= 0.3 is 5.97 Å². The second-order valence-electron chi connectivity index (χ2n) is 4.28. The first-order valence-electron chi connectivity index (χ1n) is 5.19. The minimum Gasteiger partial charge on any atom is -0.480 e. The standard InChI is InChI=1S/C10H20N2O2/c1-7-6-9(4-5-12(7)3)11-8(2)10(13)14/h7-9,11H,4-6H2,1-3H3,(H,13,14)/t7?,8-,9?/m1/s1. The van der Waals surface area contributed by atoms with Gasteiger partial charge in [0.05, 0.1) is 0 Å². The Morgan fingerprint density at radius 1 is 1.64 bits per heavy atom. The maximum atomic E-state index is 10.6. The van der Waals surface area contributed by atoms with Crippen molar-refractivity contribution in [1.29, 1.82) is 0 Å². The average Bonchev–Trinajstić information content (AvgIpc) is 2.11. The maximum absolute atomic E-state index is 10.6. The van der Waals surface area contributed by atoms with E-state index in [1.807, 2.05) is 0 Å². The second-order valence-corrected chi connectivity index (χ2v) is 4.28. The van der Waals surface area contributed by atoms with Gasteiger partial charge in [-0.3, -0.25) is 4.79 Å². The number of nitrogens with one attached hydrogen (secondary N) is 1. The van der Waals surface area contributed by atoms with Crippen LogP contribution in [0, 0.1) is 0 Å². The molecule has 4 nitrogen and oxygen atoms in total. The highest BCUT2D eigenvalue weighted by atomic mass is 16.4. The SMILES string of the molecule is CC1CC(N[C@H](C)C(=O)O)CCN1C. The quantitative estimate of drug-likeness (QED) is 0.698. The Kier molecular flexibility index (Phi) is 3.89. The van der Waals surface area contributed by atoms with Crippen LogP contribution in [0.5, 0.6) is 0 Å². The number of aliphatic carboxylic acids is 1. The molecule has 0 aromatic carbocycles. The zero-order chi connectivity index (χ0) is 10.7. The predicted molar refractivity (Wildman–Crippen MR) is 55.3 cm³/mol. The number of likely N-dealkylation sites (tertiary alicyclic amines) is 1. The Labute approximate surface area is 85.3 Å². The topological polar surface area (TPSA) is 52.6 Å². The third-order valence-electron chi connectivity index (χ3n) is 3.06. The van der Waals surface area contributed by atoms with Gasteiger partial charge in [0.1, 0.15) is 6.04 Å². The Morgan fingerprint density at radius 2 is 2.29 bits per heavy atom. The molecule has 2 N–H and O–H groups in total. The molecular formula is C10H20N2O2. The molecule has 1 aliphatic rings. The Morgan fingerprint density at radius 3 is 2.79 bits per heavy atom. The van der Waals surface area contributed by atoms with Crippen molar-refractivity contribution in [2.24, 2.45) is 0 Å². The lowest BCUT2D eigenvalue weighted by Gasteiger charge is -2.36. The number of rotatable bonds is 3. The van der Waals surface area contributed by atoms with E-state index in [1.54, 1.807) is 6.92 Å². The van der Waals surface area contributed by atoms with Crippen LogP contribution in [-0.4, -0.2) is 47.7 Å². The van der Waals surface area contributed by atoms with E-state index in [-0.39, 0.29) is 0 Å². The zero-order valence-electron chi connectivity index (χ0n) is 9.16. The van der Waals surface area contributed by atoms with Gasteiger partial charge in [-0.25, -0.2) is 0 Å². The van der Waals surface area contributed by atoms with Crippen molar-refractivity contribution in [3.8, 4) is 0 Å². The van der Waals surface area contributed by atoms with Crippen LogP contribution in [0.1, 0.15) is 26.7 Å². The van der Waals surface area contributed by atoms with Crippen LogP contribution in [0.4, 0.5) is 0 Å². The largest absolute Gasteiger partial charge is 0.480 e. The predicted octanol–water partition coefficient (Wildman–Crippen LogP) is 0.532. The molecule has 0 amide bonds. The molecule has 1 saturated heterocycles. The Hall–Kier alpha value is -0.610. The fourth-order valence-electron chi connectivity index (χ4n) is 1.87. The fraction of sp³-hybridized carbons (Fsp3) is 0.900. The number of hydrogen-bond donors (Lipinski definition) is 2. The van der Waals surface area contributed by atoms with E-state index in [1.165, 1.54) is 0 Å². The molecule has 1 aliphatic heterocycles. The molecule has 0 bridgehead atoms. The summed E-state index contributed by atoms with van der Waals surface area (Å²) in [6, 6.07) is 0.463. The second kappa shape index (κ2) is 4.75. The monoisotopic (exact) mass is 200 g/mol. The normalized spacial score (nSPS) is 31.4. The molecule has 0 saturated carbocycles. The van der Waals surface area contributed by atoms with Crippen molar-refractivity contribution in [2.75, 3.05) is 13.6 Å². The van der Waals surface area contributed by atoms with Crippen molar-refractivity contribution >= 4 is 5.97 Å². The fourth-order valence-corrected chi connectivity index (χ4v) is 1.87. The summed E-state index contributed by atoms with van der Waals surface area (Å²) in [5.74, 6) is -0.767. The molecule has 0 radical (unpaired) electrons. The molecule has 1 heterocycles. The summed E-state index contributed by atoms with van der Waals surface area (Å²) in [5.41, 5.74) is 0. The van der Waals surface area contributed by atoms with Gasteiger partial charge < -0.3 is 15.3 Å². The molecule has 0 aromatic heterocycles. The Bertz CT molecular complexity index is 208. The molecule has 14 heavy (non-hydrogen) atoms. The summed E-state index contributed by atoms with van der Waals surface area (Å²) in [6.45, 7) is 4.93. The van der Waals surface area contributed by atoms with E-state index in [9.17, 15) is 4.79 Å². The van der Waals surface area contributed by atoms with Crippen molar-refractivity contribution in [3.05, 3.63) is 0 Å². The minimum absolute atomic E-state index is 0.354. The highest BCUT2D eigenvalue weighted by Gasteiger charge is 2.24. The summed E-state index contributed by atoms with van der Waals surface area (Å²) in [4.78, 5) is 13.0. The molecule has 3 atom stereocenters. The van der Waals surface area contributed by atoms with E-state index < -0.39 is 12.0 Å². The molecule has 0 aromatic rings. The molecule has 1 fully saturated rings. The van der Waals surface area contributed by atoms with E-state index in [0.717, 1.165) is 19.4 Å². The van der Waals surface area contributed by atoms with E-state index in [0.29, 0.717) is 12.1 Å². The van der Waals surface area contributed by atoms with E-state index >= 15 is 0 Å². The van der Waals surface area contributed by atoms with E-state index in [2.05, 4.69) is 24.2 Å². The lowest BCUT2D eigenvalue weighted by molar-refractivity contribution is -0.139. The first-order valence-corrected chi connectivity index (χ1v) is 5.19. The van der Waals surface area contributed by atoms with Gasteiger partial charge in [0.15, 0.2) is 0 Å². The Balaban J connectivity index is 2.36. The number of carboxylic acids is 1. The summed E-state index contributed by atoms with van der Waals surface area (Å²) < 4.78 is 0. The molecule has 2 unspecified atom stereocenters. The average molecular weight is 200 g/mol. The van der Waals surface area contributed by atoms with Gasteiger partial charge in [-0.15, -0.1) is 0 Å². The number of carbonyl (C=O) groups is 1. The smallest absolute Gasteiger partial charge is 0.320 e. The molecule has 4 heteroatoms. The third kappa shape index (κ3) is 2.96. The number of hydrogen-bond acceptors (Lipinski definition) is 3. The third-order valence-corrected chi connectivity index (χ3v) is 3.06. The first-order chi connectivity index (χ1) is 6.50. The van der Waals surface area contributed by atoms with Gasteiger partial charge in [0, 0.05) is 12.1 Å². The molecule has 0 spiro atoms. The summed E-state index contributed by atoms with van der Waals surface area (Å²) in [6.07, 6.45) is 2.08. The number of piperidine rings is 1. The highest BCUT2D eigenvalue weighted by molar-refractivity contribution is 5.72. The van der Waals surface area contributed by atoms with Gasteiger partial charge in [-0.1, -0.05) is 0 Å². The lowest BCUT2D eigenvalue weighted by Crippen LogP contribution is -2.49. The van der Waals surface area contributed by atoms with Crippen LogP contribution in [-0.2, 0) is 4.79 Å². The summed E-state index contributed by atoms with van der Waals surface area (Å²) in [7, 11) is 2.11. The van der Waals surface area contributed by atoms with Crippen molar-refractivity contribution in [2.45, 2.75) is 44.8 Å². The molecule has 82 valence electrons. The van der Waals surface area contributed by atoms with Crippen molar-refractivity contribution < 1.29 is 9.90 Å². The van der Waals surface area contributed by atoms with Crippen LogP contribution in [0.2, 0.25) is 0 Å². The first kappa shape index (κ1) is 11.5. The maximum Gasteiger partial charge on any atom is 0.320 e. The minimum atomic E-state index is -0.767.